The molecule has 1 N–H and O–H groups in total. The average Bonchev–Trinajstić information content (AvgIpc) is 2.67. The van der Waals surface area contributed by atoms with E-state index in [-0.39, 0.29) is 17.7 Å². The molecule has 0 spiro atoms. The first-order chi connectivity index (χ1) is 12.6. The number of urea groups is 1. The number of carbonyl (C=O) groups is 2. The molecule has 1 aliphatic rings. The van der Waals surface area contributed by atoms with E-state index in [0.717, 1.165) is 17.0 Å². The van der Waals surface area contributed by atoms with Crippen molar-refractivity contribution in [2.45, 2.75) is 19.8 Å². The second-order valence-electron chi connectivity index (χ2n) is 6.65. The largest absolute Gasteiger partial charge is 0.497 e. The second-order valence-corrected chi connectivity index (χ2v) is 6.65. The number of Topliss-reactive ketones (excluding diaryl/α,β-unsaturated/α-hetero) is 1. The molecule has 1 fully saturated rings. The maximum atomic E-state index is 12.6. The molecular weight excluding hydrogens is 328 g/mol. The van der Waals surface area contributed by atoms with E-state index in [1.807, 2.05) is 31.2 Å². The lowest BCUT2D eigenvalue weighted by Gasteiger charge is -2.31. The maximum absolute atomic E-state index is 12.6. The van der Waals surface area contributed by atoms with E-state index in [1.165, 1.54) is 0 Å². The van der Waals surface area contributed by atoms with Gasteiger partial charge < -0.3 is 15.0 Å². The van der Waals surface area contributed by atoms with Crippen LogP contribution in [0.4, 0.5) is 10.5 Å². The highest BCUT2D eigenvalue weighted by Gasteiger charge is 2.28. The molecule has 3 rings (SSSR count). The lowest BCUT2D eigenvalue weighted by molar-refractivity contribution is 0.0859. The van der Waals surface area contributed by atoms with Crippen molar-refractivity contribution in [2.24, 2.45) is 5.92 Å². The number of carbonyl (C=O) groups excluding carboxylic acids is 2. The highest BCUT2D eigenvalue weighted by molar-refractivity contribution is 5.98. The van der Waals surface area contributed by atoms with Gasteiger partial charge in [0, 0.05) is 30.3 Å². The first-order valence-electron chi connectivity index (χ1n) is 8.87. The predicted molar refractivity (Wildman–Crippen MR) is 102 cm³/mol. The number of amides is 2. The number of nitrogens with zero attached hydrogens (tertiary/aromatic N) is 1. The monoisotopic (exact) mass is 352 g/mol. The molecule has 5 heteroatoms. The number of ketones is 1. The van der Waals surface area contributed by atoms with Gasteiger partial charge in [0.1, 0.15) is 5.75 Å². The summed E-state index contributed by atoms with van der Waals surface area (Å²) in [7, 11) is 1.61. The number of nitrogens with one attached hydrogen (secondary N) is 1. The zero-order chi connectivity index (χ0) is 18.5. The Labute approximate surface area is 154 Å². The van der Waals surface area contributed by atoms with Gasteiger partial charge in [-0.15, -0.1) is 0 Å². The Hall–Kier alpha value is -2.82. The smallest absolute Gasteiger partial charge is 0.321 e. The third-order valence-electron chi connectivity index (χ3n) is 4.80. The molecule has 2 amide bonds. The minimum Gasteiger partial charge on any atom is -0.497 e. The summed E-state index contributed by atoms with van der Waals surface area (Å²) in [5.74, 6) is 0.849. The fraction of sp³-hybridized carbons (Fsp3) is 0.333. The van der Waals surface area contributed by atoms with Crippen molar-refractivity contribution in [3.63, 3.8) is 0 Å². The molecule has 5 nitrogen and oxygen atoms in total. The third kappa shape index (κ3) is 4.23. The quantitative estimate of drug-likeness (QED) is 0.842. The standard InChI is InChI=1S/C21H24N2O3/c1-15-4-3-5-18(14-15)22-21(25)23-12-10-17(11-13-23)20(24)16-6-8-19(26-2)9-7-16/h3-9,14,17H,10-13H2,1-2H3,(H,22,25). The summed E-state index contributed by atoms with van der Waals surface area (Å²) in [5, 5.41) is 2.93. The van der Waals surface area contributed by atoms with Crippen LogP contribution in [0.15, 0.2) is 48.5 Å². The van der Waals surface area contributed by atoms with Crippen molar-refractivity contribution in [1.82, 2.24) is 4.90 Å². The van der Waals surface area contributed by atoms with Crippen LogP contribution in [0.1, 0.15) is 28.8 Å². The van der Waals surface area contributed by atoms with Crippen LogP contribution in [0, 0.1) is 12.8 Å². The van der Waals surface area contributed by atoms with E-state index >= 15 is 0 Å². The molecule has 1 heterocycles. The molecule has 0 atom stereocenters. The number of anilines is 1. The number of ether oxygens (including phenoxy) is 1. The molecule has 136 valence electrons. The zero-order valence-corrected chi connectivity index (χ0v) is 15.2. The molecule has 2 aromatic carbocycles. The molecule has 0 saturated carbocycles. The summed E-state index contributed by atoms with van der Waals surface area (Å²) < 4.78 is 5.13. The first kappa shape index (κ1) is 18.0. The van der Waals surface area contributed by atoms with Gasteiger partial charge in [-0.05, 0) is 61.7 Å². The Morgan fingerprint density at radius 1 is 1.08 bits per heavy atom. The van der Waals surface area contributed by atoms with Gasteiger partial charge in [0.25, 0.3) is 0 Å². The summed E-state index contributed by atoms with van der Waals surface area (Å²) in [6, 6.07) is 14.8. The van der Waals surface area contributed by atoms with Gasteiger partial charge in [-0.2, -0.15) is 0 Å². The number of methoxy groups -OCH3 is 1. The van der Waals surface area contributed by atoms with E-state index in [2.05, 4.69) is 5.32 Å². The lowest BCUT2D eigenvalue weighted by atomic mass is 9.89. The van der Waals surface area contributed by atoms with E-state index in [0.29, 0.717) is 31.5 Å². The summed E-state index contributed by atoms with van der Waals surface area (Å²) >= 11 is 0. The van der Waals surface area contributed by atoms with Crippen molar-refractivity contribution >= 4 is 17.5 Å². The number of hydrogen-bond donors (Lipinski definition) is 1. The van der Waals surface area contributed by atoms with E-state index in [4.69, 9.17) is 4.74 Å². The first-order valence-corrected chi connectivity index (χ1v) is 8.87. The fourth-order valence-electron chi connectivity index (χ4n) is 3.26. The number of piperidine rings is 1. The number of benzene rings is 2. The predicted octanol–water partition coefficient (Wildman–Crippen LogP) is 4.13. The van der Waals surface area contributed by atoms with Crippen LogP contribution in [-0.2, 0) is 0 Å². The van der Waals surface area contributed by atoms with E-state index < -0.39 is 0 Å². The molecule has 0 unspecified atom stereocenters. The molecule has 1 aliphatic heterocycles. The number of aryl methyl sites for hydroxylation is 1. The Morgan fingerprint density at radius 2 is 1.77 bits per heavy atom. The topological polar surface area (TPSA) is 58.6 Å². The normalized spacial score (nSPS) is 14.8. The summed E-state index contributed by atoms with van der Waals surface area (Å²) in [5.41, 5.74) is 2.60. The molecule has 0 radical (unpaired) electrons. The van der Waals surface area contributed by atoms with Crippen molar-refractivity contribution < 1.29 is 14.3 Å². The van der Waals surface area contributed by atoms with Crippen LogP contribution in [0.25, 0.3) is 0 Å². The Kier molecular flexibility index (Phi) is 5.56. The van der Waals surface area contributed by atoms with Gasteiger partial charge in [0.2, 0.25) is 0 Å². The van der Waals surface area contributed by atoms with Crippen LogP contribution in [0.5, 0.6) is 5.75 Å². The minimum absolute atomic E-state index is 0.0357. The van der Waals surface area contributed by atoms with Crippen molar-refractivity contribution in [3.05, 3.63) is 59.7 Å². The van der Waals surface area contributed by atoms with Gasteiger partial charge in [-0.3, -0.25) is 4.79 Å². The van der Waals surface area contributed by atoms with Crippen molar-refractivity contribution in [1.29, 1.82) is 0 Å². The zero-order valence-electron chi connectivity index (χ0n) is 15.2. The fourth-order valence-corrected chi connectivity index (χ4v) is 3.26. The van der Waals surface area contributed by atoms with Crippen molar-refractivity contribution in [3.8, 4) is 5.75 Å². The molecule has 0 aliphatic carbocycles. The van der Waals surface area contributed by atoms with Gasteiger partial charge in [0.05, 0.1) is 7.11 Å². The SMILES string of the molecule is COc1ccc(C(=O)C2CCN(C(=O)Nc3cccc(C)c3)CC2)cc1. The number of rotatable bonds is 4. The summed E-state index contributed by atoms with van der Waals surface area (Å²) in [6.07, 6.45) is 1.37. The van der Waals surface area contributed by atoms with Crippen LogP contribution in [0.2, 0.25) is 0 Å². The van der Waals surface area contributed by atoms with Crippen LogP contribution >= 0.6 is 0 Å². The van der Waals surface area contributed by atoms with Gasteiger partial charge in [-0.25, -0.2) is 4.79 Å². The molecule has 0 bridgehead atoms. The third-order valence-corrected chi connectivity index (χ3v) is 4.80. The Morgan fingerprint density at radius 3 is 2.38 bits per heavy atom. The lowest BCUT2D eigenvalue weighted by Crippen LogP contribution is -2.42. The molecule has 26 heavy (non-hydrogen) atoms. The van der Waals surface area contributed by atoms with Crippen LogP contribution in [-0.4, -0.2) is 36.9 Å². The van der Waals surface area contributed by atoms with E-state index in [1.54, 1.807) is 36.3 Å². The molecule has 0 aromatic heterocycles. The molecular formula is C21H24N2O3. The summed E-state index contributed by atoms with van der Waals surface area (Å²) in [6.45, 7) is 3.17. The second kappa shape index (κ2) is 8.04. The van der Waals surface area contributed by atoms with Crippen LogP contribution in [0.3, 0.4) is 0 Å². The van der Waals surface area contributed by atoms with Crippen LogP contribution < -0.4 is 10.1 Å². The minimum atomic E-state index is -0.106. The Bertz CT molecular complexity index is 778. The Balaban J connectivity index is 1.54. The van der Waals surface area contributed by atoms with Gasteiger partial charge in [-0.1, -0.05) is 12.1 Å². The van der Waals surface area contributed by atoms with E-state index in [9.17, 15) is 9.59 Å². The summed E-state index contributed by atoms with van der Waals surface area (Å²) in [4.78, 5) is 26.8. The number of likely N-dealkylation sites (tertiary alicyclic amines) is 1. The molecule has 1 saturated heterocycles. The number of hydrogen-bond acceptors (Lipinski definition) is 3. The van der Waals surface area contributed by atoms with Crippen molar-refractivity contribution in [2.75, 3.05) is 25.5 Å². The van der Waals surface area contributed by atoms with Gasteiger partial charge >= 0.3 is 6.03 Å². The highest BCUT2D eigenvalue weighted by Crippen LogP contribution is 2.23. The maximum Gasteiger partial charge on any atom is 0.321 e. The highest BCUT2D eigenvalue weighted by atomic mass is 16.5. The van der Waals surface area contributed by atoms with Gasteiger partial charge in [0.15, 0.2) is 5.78 Å². The molecule has 2 aromatic rings. The average molecular weight is 352 g/mol.